The Kier molecular flexibility index (Phi) is 8.46. The van der Waals surface area contributed by atoms with Gasteiger partial charge < -0.3 is 9.47 Å². The number of hydrogen-bond acceptors (Lipinski definition) is 2. The van der Waals surface area contributed by atoms with Crippen LogP contribution in [0.25, 0.3) is 0 Å². The van der Waals surface area contributed by atoms with Crippen molar-refractivity contribution in [1.29, 1.82) is 0 Å². The molecule has 0 fully saturated rings. The Hall–Kier alpha value is -0.0800. The monoisotopic (exact) mass is 188 g/mol. The van der Waals surface area contributed by atoms with E-state index in [4.69, 9.17) is 9.47 Å². The van der Waals surface area contributed by atoms with Crippen molar-refractivity contribution in [3.05, 3.63) is 0 Å². The zero-order chi connectivity index (χ0) is 10.1. The van der Waals surface area contributed by atoms with E-state index in [9.17, 15) is 0 Å². The molecule has 0 aliphatic heterocycles. The van der Waals surface area contributed by atoms with E-state index >= 15 is 0 Å². The van der Waals surface area contributed by atoms with Gasteiger partial charge in [0.05, 0.1) is 0 Å². The molecule has 1 atom stereocenters. The van der Waals surface area contributed by atoms with E-state index in [1.54, 1.807) is 0 Å². The second kappa shape index (κ2) is 8.52. The minimum atomic E-state index is 0.0138. The fourth-order valence-corrected chi connectivity index (χ4v) is 1.55. The van der Waals surface area contributed by atoms with Gasteiger partial charge in [-0.15, -0.1) is 0 Å². The van der Waals surface area contributed by atoms with Crippen molar-refractivity contribution < 1.29 is 9.47 Å². The molecular formula is C11H24O2. The van der Waals surface area contributed by atoms with Crippen molar-refractivity contribution in [2.75, 3.05) is 13.2 Å². The quantitative estimate of drug-likeness (QED) is 0.544. The summed E-state index contributed by atoms with van der Waals surface area (Å²) in [5.74, 6) is 0.560. The van der Waals surface area contributed by atoms with Gasteiger partial charge in [-0.05, 0) is 26.7 Å². The molecule has 0 aliphatic carbocycles. The summed E-state index contributed by atoms with van der Waals surface area (Å²) in [5, 5.41) is 0. The van der Waals surface area contributed by atoms with E-state index in [2.05, 4.69) is 13.8 Å². The SMILES string of the molecule is CCC[C@H](CC)C(OCC)OCC. The van der Waals surface area contributed by atoms with Crippen molar-refractivity contribution >= 4 is 0 Å². The van der Waals surface area contributed by atoms with E-state index in [1.165, 1.54) is 12.8 Å². The largest absolute Gasteiger partial charge is 0.353 e. The van der Waals surface area contributed by atoms with Crippen molar-refractivity contribution in [2.24, 2.45) is 5.92 Å². The van der Waals surface area contributed by atoms with Gasteiger partial charge >= 0.3 is 0 Å². The molecule has 0 aliphatic rings. The van der Waals surface area contributed by atoms with E-state index in [0.717, 1.165) is 19.6 Å². The molecule has 0 aromatic carbocycles. The highest BCUT2D eigenvalue weighted by Crippen LogP contribution is 2.19. The zero-order valence-electron chi connectivity index (χ0n) is 9.51. The smallest absolute Gasteiger partial charge is 0.160 e. The minimum absolute atomic E-state index is 0.0138. The molecule has 0 rings (SSSR count). The third kappa shape index (κ3) is 5.27. The molecule has 0 aromatic rings. The lowest BCUT2D eigenvalue weighted by Crippen LogP contribution is -2.27. The Bertz CT molecular complexity index is 98.3. The first-order valence-electron chi connectivity index (χ1n) is 5.53. The summed E-state index contributed by atoms with van der Waals surface area (Å²) in [5.41, 5.74) is 0. The molecule has 0 heterocycles. The van der Waals surface area contributed by atoms with E-state index in [-0.39, 0.29) is 6.29 Å². The molecule has 0 N–H and O–H groups in total. The van der Waals surface area contributed by atoms with E-state index in [0.29, 0.717) is 5.92 Å². The second-order valence-electron chi connectivity index (χ2n) is 3.24. The molecule has 2 heteroatoms. The molecule has 2 nitrogen and oxygen atoms in total. The second-order valence-corrected chi connectivity index (χ2v) is 3.24. The minimum Gasteiger partial charge on any atom is -0.353 e. The predicted octanol–water partition coefficient (Wildman–Crippen LogP) is 3.21. The molecule has 13 heavy (non-hydrogen) atoms. The summed E-state index contributed by atoms with van der Waals surface area (Å²) in [7, 11) is 0. The first-order chi connectivity index (χ1) is 6.29. The number of hydrogen-bond donors (Lipinski definition) is 0. The average molecular weight is 188 g/mol. The third-order valence-corrected chi connectivity index (χ3v) is 2.23. The molecule has 80 valence electrons. The molecule has 0 unspecified atom stereocenters. The lowest BCUT2D eigenvalue weighted by atomic mass is 10.0. The van der Waals surface area contributed by atoms with Gasteiger partial charge in [-0.3, -0.25) is 0 Å². The molecule has 0 saturated heterocycles. The molecular weight excluding hydrogens is 164 g/mol. The van der Waals surface area contributed by atoms with Crippen LogP contribution in [-0.2, 0) is 9.47 Å². The van der Waals surface area contributed by atoms with Crippen molar-refractivity contribution in [2.45, 2.75) is 53.2 Å². The lowest BCUT2D eigenvalue weighted by Gasteiger charge is -2.25. The Labute approximate surface area is 82.6 Å². The molecule has 0 spiro atoms. The highest BCUT2D eigenvalue weighted by atomic mass is 16.7. The van der Waals surface area contributed by atoms with Crippen LogP contribution in [0.4, 0.5) is 0 Å². The van der Waals surface area contributed by atoms with Gasteiger partial charge in [0, 0.05) is 19.1 Å². The van der Waals surface area contributed by atoms with Crippen LogP contribution in [0, 0.1) is 5.92 Å². The van der Waals surface area contributed by atoms with Gasteiger partial charge in [0.25, 0.3) is 0 Å². The molecule has 0 bridgehead atoms. The highest BCUT2D eigenvalue weighted by Gasteiger charge is 2.19. The van der Waals surface area contributed by atoms with Gasteiger partial charge in [-0.1, -0.05) is 20.3 Å². The van der Waals surface area contributed by atoms with Crippen LogP contribution in [0.15, 0.2) is 0 Å². The predicted molar refractivity (Wildman–Crippen MR) is 55.7 cm³/mol. The molecule has 0 saturated carbocycles. The van der Waals surface area contributed by atoms with E-state index < -0.39 is 0 Å². The van der Waals surface area contributed by atoms with Crippen LogP contribution in [0.3, 0.4) is 0 Å². The van der Waals surface area contributed by atoms with E-state index in [1.807, 2.05) is 13.8 Å². The summed E-state index contributed by atoms with van der Waals surface area (Å²) >= 11 is 0. The zero-order valence-corrected chi connectivity index (χ0v) is 9.51. The standard InChI is InChI=1S/C11H24O2/c1-5-9-10(6-2)11(12-7-3)13-8-4/h10-11H,5-9H2,1-4H3/t10-/m0/s1. The fourth-order valence-electron chi connectivity index (χ4n) is 1.55. The average Bonchev–Trinajstić information content (AvgIpc) is 2.14. The van der Waals surface area contributed by atoms with Crippen molar-refractivity contribution in [3.8, 4) is 0 Å². The van der Waals surface area contributed by atoms with Crippen molar-refractivity contribution in [3.63, 3.8) is 0 Å². The fraction of sp³-hybridized carbons (Fsp3) is 1.00. The number of rotatable bonds is 8. The van der Waals surface area contributed by atoms with Gasteiger partial charge in [0.1, 0.15) is 0 Å². The van der Waals surface area contributed by atoms with Crippen LogP contribution in [0.1, 0.15) is 47.0 Å². The van der Waals surface area contributed by atoms with Crippen molar-refractivity contribution in [1.82, 2.24) is 0 Å². The molecule has 0 amide bonds. The van der Waals surface area contributed by atoms with Crippen LogP contribution in [0.5, 0.6) is 0 Å². The first kappa shape index (κ1) is 12.9. The Balaban J connectivity index is 3.94. The first-order valence-corrected chi connectivity index (χ1v) is 5.53. The normalized spacial score (nSPS) is 13.6. The van der Waals surface area contributed by atoms with Gasteiger partial charge in [0.2, 0.25) is 0 Å². The van der Waals surface area contributed by atoms with Gasteiger partial charge in [-0.2, -0.15) is 0 Å². The Morgan fingerprint density at radius 3 is 1.77 bits per heavy atom. The maximum absolute atomic E-state index is 5.57. The highest BCUT2D eigenvalue weighted by molar-refractivity contribution is 4.60. The summed E-state index contributed by atoms with van der Waals surface area (Å²) in [6.45, 7) is 9.92. The van der Waals surface area contributed by atoms with Crippen LogP contribution >= 0.6 is 0 Å². The topological polar surface area (TPSA) is 18.5 Å². The third-order valence-electron chi connectivity index (χ3n) is 2.23. The Morgan fingerprint density at radius 2 is 1.46 bits per heavy atom. The summed E-state index contributed by atoms with van der Waals surface area (Å²) < 4.78 is 11.1. The van der Waals surface area contributed by atoms with Crippen LogP contribution in [0.2, 0.25) is 0 Å². The van der Waals surface area contributed by atoms with Gasteiger partial charge in [-0.25, -0.2) is 0 Å². The summed E-state index contributed by atoms with van der Waals surface area (Å²) in [6, 6.07) is 0. The molecule has 0 radical (unpaired) electrons. The van der Waals surface area contributed by atoms with Gasteiger partial charge in [0.15, 0.2) is 6.29 Å². The van der Waals surface area contributed by atoms with Crippen LogP contribution in [-0.4, -0.2) is 19.5 Å². The summed E-state index contributed by atoms with van der Waals surface area (Å²) in [6.07, 6.45) is 3.55. The molecule has 0 aromatic heterocycles. The summed E-state index contributed by atoms with van der Waals surface area (Å²) in [4.78, 5) is 0. The maximum atomic E-state index is 5.57. The Morgan fingerprint density at radius 1 is 0.923 bits per heavy atom. The number of ether oxygens (including phenoxy) is 2. The lowest BCUT2D eigenvalue weighted by molar-refractivity contribution is -0.169. The maximum Gasteiger partial charge on any atom is 0.160 e. The van der Waals surface area contributed by atoms with Crippen LogP contribution < -0.4 is 0 Å².